The summed E-state index contributed by atoms with van der Waals surface area (Å²) in [7, 11) is 0. The van der Waals surface area contributed by atoms with Crippen LogP contribution in [-0.2, 0) is 35.1 Å². The SMILES string of the molecule is CC.CC(=O)CCCCC(C)(C)C.CC(=O)CCCCCC(C)(C)C.CC(=O)CCCCCCC(C)(C)C.CC(=O)COc1cccc(CC(C)(C)C)c1.CCOC(=O)CCCCCCC(C)(C)C. The van der Waals surface area contributed by atoms with Crippen LogP contribution in [0, 0.1) is 27.1 Å². The van der Waals surface area contributed by atoms with Crippen LogP contribution in [0.1, 0.15) is 293 Å². The third kappa shape index (κ3) is 79.6. The molecule has 0 aliphatic carbocycles. The number of ether oxygens (including phenoxy) is 2. The first-order chi connectivity index (χ1) is 31.6. The highest BCUT2D eigenvalue weighted by atomic mass is 16.5. The molecule has 1 aromatic carbocycles. The zero-order valence-corrected chi connectivity index (χ0v) is 50.1. The molecule has 0 saturated carbocycles. The molecule has 7 nitrogen and oxygen atoms in total. The summed E-state index contributed by atoms with van der Waals surface area (Å²) in [6, 6.07) is 7.95. The van der Waals surface area contributed by atoms with Crippen LogP contribution in [0.3, 0.4) is 0 Å². The molecule has 1 aromatic rings. The van der Waals surface area contributed by atoms with E-state index in [0.29, 0.717) is 52.0 Å². The van der Waals surface area contributed by atoms with Crippen LogP contribution in [0.2, 0.25) is 0 Å². The lowest BCUT2D eigenvalue weighted by Crippen LogP contribution is -2.10. The van der Waals surface area contributed by atoms with Crippen molar-refractivity contribution in [2.24, 2.45) is 27.1 Å². The lowest BCUT2D eigenvalue weighted by molar-refractivity contribution is -0.143. The van der Waals surface area contributed by atoms with E-state index in [0.717, 1.165) is 63.5 Å². The molecule has 0 saturated heterocycles. The van der Waals surface area contributed by atoms with Gasteiger partial charge in [-0.05, 0) is 137 Å². The van der Waals surface area contributed by atoms with E-state index in [2.05, 4.69) is 110 Å². The monoisotopic (exact) mass is 975 g/mol. The normalized spacial score (nSPS) is 11.3. The summed E-state index contributed by atoms with van der Waals surface area (Å²) in [5.41, 5.74) is 3.31. The highest BCUT2D eigenvalue weighted by Crippen LogP contribution is 2.26. The maximum Gasteiger partial charge on any atom is 0.305 e. The first-order valence-corrected chi connectivity index (χ1v) is 27.4. The summed E-state index contributed by atoms with van der Waals surface area (Å²) < 4.78 is 10.2. The van der Waals surface area contributed by atoms with Gasteiger partial charge in [0.1, 0.15) is 29.7 Å². The first-order valence-electron chi connectivity index (χ1n) is 27.4. The van der Waals surface area contributed by atoms with Gasteiger partial charge < -0.3 is 23.9 Å². The number of carbonyl (C=O) groups is 5. The summed E-state index contributed by atoms with van der Waals surface area (Å²) in [5.74, 6) is 1.74. The van der Waals surface area contributed by atoms with Gasteiger partial charge in [-0.3, -0.25) is 9.59 Å². The zero-order chi connectivity index (χ0) is 54.8. The smallest absolute Gasteiger partial charge is 0.305 e. The summed E-state index contributed by atoms with van der Waals surface area (Å²) in [5, 5.41) is 0. The molecule has 1 rings (SSSR count). The van der Waals surface area contributed by atoms with Crippen LogP contribution in [0.4, 0.5) is 0 Å². The first kappa shape index (κ1) is 75.1. The van der Waals surface area contributed by atoms with E-state index in [9.17, 15) is 24.0 Å². The second kappa shape index (κ2) is 43.9. The summed E-state index contributed by atoms with van der Waals surface area (Å²) in [4.78, 5) is 53.6. The van der Waals surface area contributed by atoms with Gasteiger partial charge in [-0.15, -0.1) is 0 Å². The minimum atomic E-state index is -0.0479. The Labute approximate surface area is 430 Å². The van der Waals surface area contributed by atoms with Crippen molar-refractivity contribution in [3.05, 3.63) is 29.8 Å². The maximum atomic E-state index is 11.0. The molecular weight excluding hydrogens is 857 g/mol. The molecule has 0 atom stereocenters. The molecule has 69 heavy (non-hydrogen) atoms. The fourth-order valence-corrected chi connectivity index (χ4v) is 6.67. The molecule has 0 aromatic heterocycles. The van der Waals surface area contributed by atoms with Crippen LogP contribution in [0.25, 0.3) is 0 Å². The minimum absolute atomic E-state index is 0.0428. The highest BCUT2D eigenvalue weighted by molar-refractivity contribution is 5.77. The van der Waals surface area contributed by atoms with Gasteiger partial charge in [0.2, 0.25) is 0 Å². The van der Waals surface area contributed by atoms with E-state index in [1.165, 1.54) is 89.5 Å². The number of esters is 1. The summed E-state index contributed by atoms with van der Waals surface area (Å²) >= 11 is 0. The van der Waals surface area contributed by atoms with Crippen LogP contribution in [-0.4, -0.2) is 42.3 Å². The van der Waals surface area contributed by atoms with E-state index >= 15 is 0 Å². The molecule has 0 spiro atoms. The van der Waals surface area contributed by atoms with Crippen molar-refractivity contribution in [2.75, 3.05) is 13.2 Å². The summed E-state index contributed by atoms with van der Waals surface area (Å²) in [6.07, 6.45) is 24.3. The molecule has 408 valence electrons. The van der Waals surface area contributed by atoms with Crippen LogP contribution >= 0.6 is 0 Å². The number of unbranched alkanes of at least 4 members (excludes halogenated alkanes) is 9. The Morgan fingerprint density at radius 1 is 0.420 bits per heavy atom. The Morgan fingerprint density at radius 2 is 0.739 bits per heavy atom. The lowest BCUT2D eigenvalue weighted by atomic mass is 9.88. The molecule has 7 heteroatoms. The summed E-state index contributed by atoms with van der Waals surface area (Å²) in [6.45, 7) is 46.8. The molecule has 0 radical (unpaired) electrons. The van der Waals surface area contributed by atoms with Crippen molar-refractivity contribution in [3.8, 4) is 5.75 Å². The zero-order valence-electron chi connectivity index (χ0n) is 50.1. The van der Waals surface area contributed by atoms with Crippen molar-refractivity contribution in [1.29, 1.82) is 0 Å². The standard InChI is InChI=1S/C14H20O2.C13H26O2.C12H24O.C11H22O.C10H20O.C2H6/c1-11(15)10-16-13-7-5-6-12(8-13)9-14(2,3)4;1-5-15-12(14)10-8-6-7-9-11-13(2,3)4;1-11(13)9-7-5-6-8-10-12(2,3)4;1-10(12)8-6-5-7-9-11(2,3)4;1-9(11)7-5-6-8-10(2,3)4;1-2/h5-8H,9-10H2,1-4H3;5-11H2,1-4H3;5-10H2,1-4H3;5-9H2,1-4H3;5-8H2,1-4H3;1-2H3. The number of hydrogen-bond donors (Lipinski definition) is 0. The van der Waals surface area contributed by atoms with Crippen molar-refractivity contribution in [2.45, 2.75) is 294 Å². The lowest BCUT2D eigenvalue weighted by Gasteiger charge is -2.18. The Hall–Kier alpha value is -2.83. The van der Waals surface area contributed by atoms with E-state index < -0.39 is 0 Å². The fraction of sp³-hybridized carbons (Fsp3) is 0.823. The molecule has 0 bridgehead atoms. The van der Waals surface area contributed by atoms with Crippen molar-refractivity contribution < 1.29 is 33.4 Å². The van der Waals surface area contributed by atoms with Gasteiger partial charge in [0.05, 0.1) is 6.61 Å². The Kier molecular flexibility index (Phi) is 47.8. The van der Waals surface area contributed by atoms with Crippen LogP contribution in [0.5, 0.6) is 5.75 Å². The number of Topliss-reactive ketones (excluding diaryl/α,β-unsaturated/α-hetero) is 4. The van der Waals surface area contributed by atoms with E-state index in [4.69, 9.17) is 9.47 Å². The quantitative estimate of drug-likeness (QED) is 0.0673. The second-order valence-electron chi connectivity index (χ2n) is 25.1. The molecule has 0 amide bonds. The maximum absolute atomic E-state index is 11.0. The van der Waals surface area contributed by atoms with Crippen molar-refractivity contribution >= 4 is 29.1 Å². The number of hydrogen-bond acceptors (Lipinski definition) is 7. The molecule has 0 aliphatic rings. The fourth-order valence-electron chi connectivity index (χ4n) is 6.67. The van der Waals surface area contributed by atoms with Gasteiger partial charge in [-0.25, -0.2) is 0 Å². The number of ketones is 4. The molecule has 0 N–H and O–H groups in total. The molecule has 0 aliphatic heterocycles. The predicted molar refractivity (Wildman–Crippen MR) is 301 cm³/mol. The average Bonchev–Trinajstić information content (AvgIpc) is 3.18. The number of rotatable bonds is 26. The second-order valence-corrected chi connectivity index (χ2v) is 25.1. The van der Waals surface area contributed by atoms with E-state index in [1.54, 1.807) is 20.8 Å². The number of carbonyl (C=O) groups excluding carboxylic acids is 5. The largest absolute Gasteiger partial charge is 0.486 e. The van der Waals surface area contributed by atoms with E-state index in [-0.39, 0.29) is 23.8 Å². The Bertz CT molecular complexity index is 1400. The van der Waals surface area contributed by atoms with Crippen LogP contribution in [0.15, 0.2) is 24.3 Å². The topological polar surface area (TPSA) is 104 Å². The highest BCUT2D eigenvalue weighted by Gasteiger charge is 2.13. The van der Waals surface area contributed by atoms with Gasteiger partial charge in [0, 0.05) is 25.7 Å². The molecule has 0 heterocycles. The minimum Gasteiger partial charge on any atom is -0.486 e. The van der Waals surface area contributed by atoms with E-state index in [1.807, 2.05) is 39.0 Å². The van der Waals surface area contributed by atoms with Gasteiger partial charge >= 0.3 is 5.97 Å². The Morgan fingerprint density at radius 3 is 1.06 bits per heavy atom. The third-order valence-electron chi connectivity index (χ3n) is 10.3. The van der Waals surface area contributed by atoms with Gasteiger partial charge in [0.15, 0.2) is 5.78 Å². The molecule has 0 fully saturated rings. The van der Waals surface area contributed by atoms with Crippen LogP contribution < -0.4 is 4.74 Å². The average molecular weight is 976 g/mol. The molecule has 0 unspecified atom stereocenters. The third-order valence-corrected chi connectivity index (χ3v) is 10.3. The van der Waals surface area contributed by atoms with Gasteiger partial charge in [0.25, 0.3) is 0 Å². The van der Waals surface area contributed by atoms with Crippen molar-refractivity contribution in [1.82, 2.24) is 0 Å². The van der Waals surface area contributed by atoms with Gasteiger partial charge in [-0.2, -0.15) is 0 Å². The van der Waals surface area contributed by atoms with Crippen molar-refractivity contribution in [3.63, 3.8) is 0 Å². The van der Waals surface area contributed by atoms with Gasteiger partial charge in [-0.1, -0.05) is 188 Å². The predicted octanol–water partition coefficient (Wildman–Crippen LogP) is 18.9. The Balaban J connectivity index is -0.000000247. The number of benzene rings is 1. The molecular formula is C62H118O7.